The highest BCUT2D eigenvalue weighted by Gasteiger charge is 2.19. The molecule has 0 atom stereocenters. The Bertz CT molecular complexity index is 883. The van der Waals surface area contributed by atoms with Crippen LogP contribution in [0.2, 0.25) is 0 Å². The maximum Gasteiger partial charge on any atom is 0.335 e. The number of sulfonamides is 1. The lowest BCUT2D eigenvalue weighted by molar-refractivity contribution is 0.0697. The molecule has 0 amide bonds. The molecule has 0 saturated carbocycles. The molecule has 0 aliphatic carbocycles. The minimum absolute atomic E-state index is 0.0215. The zero-order valence-corrected chi connectivity index (χ0v) is 16.5. The van der Waals surface area contributed by atoms with Gasteiger partial charge in [0.25, 0.3) is 10.0 Å². The van der Waals surface area contributed by atoms with E-state index in [2.05, 4.69) is 4.72 Å². The molecule has 0 radical (unpaired) electrons. The number of likely N-dealkylation sites (N-methyl/N-ethyl adjacent to an activating group) is 2. The molecule has 0 bridgehead atoms. The van der Waals surface area contributed by atoms with Crippen molar-refractivity contribution in [2.45, 2.75) is 11.8 Å². The number of nitrogens with zero attached hydrogens (tertiary/aromatic N) is 2. The van der Waals surface area contributed by atoms with Gasteiger partial charge in [-0.3, -0.25) is 4.72 Å². The van der Waals surface area contributed by atoms with E-state index in [4.69, 9.17) is 0 Å². The Balaban J connectivity index is 2.45. The van der Waals surface area contributed by atoms with Gasteiger partial charge in [0.15, 0.2) is 0 Å². The highest BCUT2D eigenvalue weighted by atomic mass is 32.2. The van der Waals surface area contributed by atoms with Crippen LogP contribution >= 0.6 is 0 Å². The summed E-state index contributed by atoms with van der Waals surface area (Å²) in [5.41, 5.74) is 0.913. The first-order chi connectivity index (χ1) is 12.7. The van der Waals surface area contributed by atoms with E-state index >= 15 is 0 Å². The van der Waals surface area contributed by atoms with Crippen LogP contribution in [0.5, 0.6) is 0 Å². The van der Waals surface area contributed by atoms with Crippen molar-refractivity contribution in [1.29, 1.82) is 0 Å². The smallest absolute Gasteiger partial charge is 0.335 e. The van der Waals surface area contributed by atoms with Crippen LogP contribution in [0.1, 0.15) is 17.3 Å². The summed E-state index contributed by atoms with van der Waals surface area (Å²) < 4.78 is 28.0. The van der Waals surface area contributed by atoms with E-state index in [1.54, 1.807) is 24.3 Å². The van der Waals surface area contributed by atoms with Crippen molar-refractivity contribution in [3.8, 4) is 0 Å². The lowest BCUT2D eigenvalue weighted by Crippen LogP contribution is -2.32. The average Bonchev–Trinajstić information content (AvgIpc) is 2.63. The number of hydrogen-bond acceptors (Lipinski definition) is 5. The second-order valence-electron chi connectivity index (χ2n) is 6.34. The van der Waals surface area contributed by atoms with E-state index in [1.807, 2.05) is 30.8 Å². The van der Waals surface area contributed by atoms with Crippen LogP contribution in [-0.4, -0.2) is 58.1 Å². The Morgan fingerprint density at radius 2 is 1.74 bits per heavy atom. The maximum atomic E-state index is 12.7. The fraction of sp³-hybridized carbons (Fsp3) is 0.316. The predicted octanol–water partition coefficient (Wildman–Crippen LogP) is 2.57. The summed E-state index contributed by atoms with van der Waals surface area (Å²) in [6.07, 6.45) is 0. The summed E-state index contributed by atoms with van der Waals surface area (Å²) in [7, 11) is 0.0861. The first-order valence-electron chi connectivity index (χ1n) is 8.59. The molecule has 2 aromatic carbocycles. The van der Waals surface area contributed by atoms with Gasteiger partial charge in [0.05, 0.1) is 21.8 Å². The number of anilines is 2. The lowest BCUT2D eigenvalue weighted by Gasteiger charge is -2.27. The molecule has 0 aromatic heterocycles. The van der Waals surface area contributed by atoms with Crippen LogP contribution in [0.25, 0.3) is 0 Å². The number of rotatable bonds is 9. The Morgan fingerprint density at radius 3 is 2.30 bits per heavy atom. The molecule has 8 heteroatoms. The molecule has 2 N–H and O–H groups in total. The first kappa shape index (κ1) is 20.7. The van der Waals surface area contributed by atoms with Gasteiger partial charge in [-0.1, -0.05) is 18.2 Å². The van der Waals surface area contributed by atoms with E-state index in [0.29, 0.717) is 18.8 Å². The second-order valence-corrected chi connectivity index (χ2v) is 8.02. The number of benzene rings is 2. The van der Waals surface area contributed by atoms with Crippen LogP contribution < -0.4 is 9.62 Å². The van der Waals surface area contributed by atoms with Crippen molar-refractivity contribution in [3.05, 3.63) is 54.1 Å². The molecule has 2 aromatic rings. The van der Waals surface area contributed by atoms with Crippen molar-refractivity contribution < 1.29 is 18.3 Å². The van der Waals surface area contributed by atoms with Gasteiger partial charge >= 0.3 is 5.97 Å². The van der Waals surface area contributed by atoms with Gasteiger partial charge in [-0.15, -0.1) is 0 Å². The second kappa shape index (κ2) is 8.88. The van der Waals surface area contributed by atoms with E-state index in [1.165, 1.54) is 24.3 Å². The van der Waals surface area contributed by atoms with Gasteiger partial charge in [-0.2, -0.15) is 0 Å². The number of carboxylic acids is 1. The molecule has 0 aliphatic heterocycles. The van der Waals surface area contributed by atoms with Crippen molar-refractivity contribution >= 4 is 27.4 Å². The number of carbonyl (C=O) groups is 1. The summed E-state index contributed by atoms with van der Waals surface area (Å²) in [5, 5.41) is 9.29. The molecule has 27 heavy (non-hydrogen) atoms. The van der Waals surface area contributed by atoms with E-state index in [0.717, 1.165) is 6.54 Å². The molecule has 2 rings (SSSR count). The van der Waals surface area contributed by atoms with E-state index in [-0.39, 0.29) is 16.1 Å². The maximum absolute atomic E-state index is 12.7. The summed E-state index contributed by atoms with van der Waals surface area (Å²) in [6, 6.07) is 12.5. The van der Waals surface area contributed by atoms with Crippen LogP contribution in [0.3, 0.4) is 0 Å². The number of carboxylic acid groups (broad SMARTS) is 1. The molecule has 0 spiro atoms. The van der Waals surface area contributed by atoms with E-state index in [9.17, 15) is 18.3 Å². The third kappa shape index (κ3) is 5.45. The topological polar surface area (TPSA) is 89.9 Å². The normalized spacial score (nSPS) is 11.4. The standard InChI is InChI=1S/C19H25N3O4S/c1-4-22(13-12-21(2)3)18-11-10-15(19(23)24)14-17(18)20-27(25,26)16-8-6-5-7-9-16/h5-11,14,20H,4,12-13H2,1-3H3,(H,23,24). The minimum atomic E-state index is -3.83. The van der Waals surface area contributed by atoms with Gasteiger partial charge in [-0.05, 0) is 51.4 Å². The molecule has 0 heterocycles. The van der Waals surface area contributed by atoms with Crippen molar-refractivity contribution in [1.82, 2.24) is 4.90 Å². The van der Waals surface area contributed by atoms with Gasteiger partial charge in [0.1, 0.15) is 0 Å². The molecule has 146 valence electrons. The fourth-order valence-electron chi connectivity index (χ4n) is 2.60. The highest BCUT2D eigenvalue weighted by Crippen LogP contribution is 2.29. The lowest BCUT2D eigenvalue weighted by atomic mass is 10.1. The van der Waals surface area contributed by atoms with Crippen LogP contribution in [0.15, 0.2) is 53.4 Å². The van der Waals surface area contributed by atoms with Crippen LogP contribution in [0, 0.1) is 0 Å². The first-order valence-corrected chi connectivity index (χ1v) is 10.1. The molecular weight excluding hydrogens is 366 g/mol. The Hall–Kier alpha value is -2.58. The van der Waals surface area contributed by atoms with Gasteiger partial charge in [-0.25, -0.2) is 13.2 Å². The summed E-state index contributed by atoms with van der Waals surface area (Å²) in [6.45, 7) is 4.08. The molecule has 0 unspecified atom stereocenters. The molecule has 0 saturated heterocycles. The highest BCUT2D eigenvalue weighted by molar-refractivity contribution is 7.92. The summed E-state index contributed by atoms with van der Waals surface area (Å²) in [5.74, 6) is -1.11. The van der Waals surface area contributed by atoms with Crippen molar-refractivity contribution in [2.24, 2.45) is 0 Å². The average molecular weight is 391 g/mol. The van der Waals surface area contributed by atoms with Crippen LogP contribution in [-0.2, 0) is 10.0 Å². The van der Waals surface area contributed by atoms with Gasteiger partial charge in [0.2, 0.25) is 0 Å². The zero-order chi connectivity index (χ0) is 20.0. The number of nitrogens with one attached hydrogen (secondary N) is 1. The Labute approximate surface area is 160 Å². The quantitative estimate of drug-likeness (QED) is 0.683. The number of hydrogen-bond donors (Lipinski definition) is 2. The minimum Gasteiger partial charge on any atom is -0.478 e. The third-order valence-electron chi connectivity index (χ3n) is 4.08. The third-order valence-corrected chi connectivity index (χ3v) is 5.46. The number of aromatic carboxylic acids is 1. The summed E-state index contributed by atoms with van der Waals surface area (Å²) >= 11 is 0. The van der Waals surface area contributed by atoms with Gasteiger partial charge < -0.3 is 14.9 Å². The van der Waals surface area contributed by atoms with Crippen LogP contribution in [0.4, 0.5) is 11.4 Å². The molecular formula is C19H25N3O4S. The SMILES string of the molecule is CCN(CCN(C)C)c1ccc(C(=O)O)cc1NS(=O)(=O)c1ccccc1. The zero-order valence-electron chi connectivity index (χ0n) is 15.7. The van der Waals surface area contributed by atoms with Gasteiger partial charge in [0, 0.05) is 19.6 Å². The Kier molecular flexibility index (Phi) is 6.81. The molecule has 0 aliphatic rings. The molecule has 7 nitrogen and oxygen atoms in total. The van der Waals surface area contributed by atoms with Crippen molar-refractivity contribution in [2.75, 3.05) is 43.4 Å². The monoisotopic (exact) mass is 391 g/mol. The predicted molar refractivity (Wildman–Crippen MR) is 107 cm³/mol. The largest absolute Gasteiger partial charge is 0.478 e. The van der Waals surface area contributed by atoms with Crippen molar-refractivity contribution in [3.63, 3.8) is 0 Å². The Morgan fingerprint density at radius 1 is 1.07 bits per heavy atom. The fourth-order valence-corrected chi connectivity index (χ4v) is 3.69. The molecule has 0 fully saturated rings. The summed E-state index contributed by atoms with van der Waals surface area (Å²) in [4.78, 5) is 15.5. The van der Waals surface area contributed by atoms with E-state index < -0.39 is 16.0 Å².